The van der Waals surface area contributed by atoms with Crippen LogP contribution in [0.3, 0.4) is 0 Å². The lowest BCUT2D eigenvalue weighted by atomic mass is 10.1. The predicted octanol–water partition coefficient (Wildman–Crippen LogP) is 0.664. The van der Waals surface area contributed by atoms with Gasteiger partial charge in [-0.2, -0.15) is 0 Å². The van der Waals surface area contributed by atoms with Crippen molar-refractivity contribution in [3.05, 3.63) is 23.8 Å². The van der Waals surface area contributed by atoms with Gasteiger partial charge in [-0.15, -0.1) is 0 Å². The second-order valence-corrected chi connectivity index (χ2v) is 3.89. The Morgan fingerprint density at radius 1 is 1.18 bits per heavy atom. The third-order valence-electron chi connectivity index (χ3n) is 2.52. The van der Waals surface area contributed by atoms with Crippen LogP contribution in [0.2, 0.25) is 0 Å². The molecule has 4 N–H and O–H groups in total. The number of aryl methyl sites for hydroxylation is 1. The lowest BCUT2D eigenvalue weighted by molar-refractivity contribution is 0.171. The van der Waals surface area contributed by atoms with Gasteiger partial charge in [-0.25, -0.2) is 0 Å². The fourth-order valence-corrected chi connectivity index (χ4v) is 1.73. The number of rotatable bonds is 4. The SMILES string of the molecule is NC(N)=NCCCc1ccc2c(c1)OCCO2. The van der Waals surface area contributed by atoms with Crippen molar-refractivity contribution in [2.75, 3.05) is 19.8 Å². The number of benzene rings is 1. The highest BCUT2D eigenvalue weighted by Gasteiger charge is 2.11. The van der Waals surface area contributed by atoms with Gasteiger partial charge in [0.2, 0.25) is 0 Å². The van der Waals surface area contributed by atoms with Gasteiger partial charge in [0.15, 0.2) is 17.5 Å². The summed E-state index contributed by atoms with van der Waals surface area (Å²) in [6.07, 6.45) is 1.84. The van der Waals surface area contributed by atoms with E-state index in [9.17, 15) is 0 Å². The summed E-state index contributed by atoms with van der Waals surface area (Å²) in [5.41, 5.74) is 11.7. The third kappa shape index (κ3) is 3.27. The Morgan fingerprint density at radius 3 is 2.71 bits per heavy atom. The van der Waals surface area contributed by atoms with Crippen LogP contribution in [0.1, 0.15) is 12.0 Å². The van der Waals surface area contributed by atoms with E-state index in [0.29, 0.717) is 19.8 Å². The van der Waals surface area contributed by atoms with Crippen molar-refractivity contribution < 1.29 is 9.47 Å². The molecule has 1 aromatic rings. The molecule has 5 heteroatoms. The maximum Gasteiger partial charge on any atom is 0.185 e. The summed E-state index contributed by atoms with van der Waals surface area (Å²) in [4.78, 5) is 3.94. The molecule has 0 radical (unpaired) electrons. The number of fused-ring (bicyclic) bond motifs is 1. The Labute approximate surface area is 100 Å². The Morgan fingerprint density at radius 2 is 1.94 bits per heavy atom. The van der Waals surface area contributed by atoms with Crippen LogP contribution in [0.15, 0.2) is 23.2 Å². The van der Waals surface area contributed by atoms with E-state index in [1.54, 1.807) is 0 Å². The van der Waals surface area contributed by atoms with Crippen LogP contribution in [0, 0.1) is 0 Å². The van der Waals surface area contributed by atoms with Crippen LogP contribution in [0.25, 0.3) is 0 Å². The van der Waals surface area contributed by atoms with Gasteiger partial charge in [-0.3, -0.25) is 4.99 Å². The smallest absolute Gasteiger partial charge is 0.185 e. The summed E-state index contributed by atoms with van der Waals surface area (Å²) in [6, 6.07) is 6.01. The average Bonchev–Trinajstić information content (AvgIpc) is 2.34. The molecule has 0 aromatic heterocycles. The molecule has 2 rings (SSSR count). The maximum atomic E-state index is 5.52. The summed E-state index contributed by atoms with van der Waals surface area (Å²) in [5.74, 6) is 1.80. The number of nitrogens with two attached hydrogens (primary N) is 2. The van der Waals surface area contributed by atoms with E-state index in [2.05, 4.69) is 4.99 Å². The molecule has 1 aromatic carbocycles. The van der Waals surface area contributed by atoms with Crippen LogP contribution in [0.5, 0.6) is 11.5 Å². The molecule has 0 aliphatic carbocycles. The fourth-order valence-electron chi connectivity index (χ4n) is 1.73. The first-order valence-corrected chi connectivity index (χ1v) is 5.69. The monoisotopic (exact) mass is 235 g/mol. The van der Waals surface area contributed by atoms with Crippen molar-refractivity contribution >= 4 is 5.96 Å². The number of hydrogen-bond acceptors (Lipinski definition) is 3. The number of nitrogens with zero attached hydrogens (tertiary/aromatic N) is 1. The van der Waals surface area contributed by atoms with E-state index in [-0.39, 0.29) is 5.96 Å². The summed E-state index contributed by atoms with van der Waals surface area (Å²) in [6.45, 7) is 1.89. The zero-order valence-electron chi connectivity index (χ0n) is 9.69. The molecule has 0 spiro atoms. The lowest BCUT2D eigenvalue weighted by Crippen LogP contribution is -2.23. The summed E-state index contributed by atoms with van der Waals surface area (Å²) in [7, 11) is 0. The van der Waals surface area contributed by atoms with Crippen molar-refractivity contribution in [2.45, 2.75) is 12.8 Å². The Kier molecular flexibility index (Phi) is 3.69. The Balaban J connectivity index is 1.91. The Hall–Kier alpha value is -1.91. The zero-order valence-corrected chi connectivity index (χ0v) is 9.69. The topological polar surface area (TPSA) is 82.9 Å². The van der Waals surface area contributed by atoms with Crippen molar-refractivity contribution in [1.29, 1.82) is 0 Å². The molecule has 1 aliphatic heterocycles. The van der Waals surface area contributed by atoms with E-state index < -0.39 is 0 Å². The van der Waals surface area contributed by atoms with E-state index in [1.807, 2.05) is 18.2 Å². The van der Waals surface area contributed by atoms with Crippen molar-refractivity contribution in [2.24, 2.45) is 16.5 Å². The highest BCUT2D eigenvalue weighted by Crippen LogP contribution is 2.30. The predicted molar refractivity (Wildman–Crippen MR) is 66.4 cm³/mol. The first-order chi connectivity index (χ1) is 8.25. The quantitative estimate of drug-likeness (QED) is 0.456. The Bertz CT molecular complexity index is 414. The highest BCUT2D eigenvalue weighted by atomic mass is 16.6. The molecule has 0 saturated heterocycles. The van der Waals surface area contributed by atoms with Gasteiger partial charge in [0.1, 0.15) is 13.2 Å². The summed E-state index contributed by atoms with van der Waals surface area (Å²) >= 11 is 0. The van der Waals surface area contributed by atoms with Crippen LogP contribution in [-0.4, -0.2) is 25.7 Å². The molecule has 0 fully saturated rings. The third-order valence-corrected chi connectivity index (χ3v) is 2.52. The molecular formula is C12H17N3O2. The van der Waals surface area contributed by atoms with E-state index in [4.69, 9.17) is 20.9 Å². The molecular weight excluding hydrogens is 218 g/mol. The molecule has 0 bridgehead atoms. The number of ether oxygens (including phenoxy) is 2. The largest absolute Gasteiger partial charge is 0.486 e. The molecule has 1 heterocycles. The molecule has 0 unspecified atom stereocenters. The van der Waals surface area contributed by atoms with E-state index in [1.165, 1.54) is 5.56 Å². The number of aliphatic imine (C=N–C) groups is 1. The second-order valence-electron chi connectivity index (χ2n) is 3.89. The van der Waals surface area contributed by atoms with Gasteiger partial charge >= 0.3 is 0 Å². The minimum absolute atomic E-state index is 0.146. The van der Waals surface area contributed by atoms with Gasteiger partial charge in [0.25, 0.3) is 0 Å². The molecule has 92 valence electrons. The standard InChI is InChI=1S/C12H17N3O2/c13-12(14)15-5-1-2-9-3-4-10-11(8-9)17-7-6-16-10/h3-4,8H,1-2,5-7H2,(H4,13,14,15). The second kappa shape index (κ2) is 5.43. The first kappa shape index (κ1) is 11.6. The first-order valence-electron chi connectivity index (χ1n) is 5.69. The number of hydrogen-bond donors (Lipinski definition) is 2. The van der Waals surface area contributed by atoms with Crippen molar-refractivity contribution in [1.82, 2.24) is 0 Å². The molecule has 5 nitrogen and oxygen atoms in total. The summed E-state index contributed by atoms with van der Waals surface area (Å²) < 4.78 is 11.0. The maximum absolute atomic E-state index is 5.52. The highest BCUT2D eigenvalue weighted by molar-refractivity contribution is 5.75. The normalized spacial score (nSPS) is 13.2. The minimum atomic E-state index is 0.146. The van der Waals surface area contributed by atoms with Crippen LogP contribution < -0.4 is 20.9 Å². The molecule has 1 aliphatic rings. The fraction of sp³-hybridized carbons (Fsp3) is 0.417. The van der Waals surface area contributed by atoms with Gasteiger partial charge in [0, 0.05) is 6.54 Å². The van der Waals surface area contributed by atoms with Crippen molar-refractivity contribution in [3.63, 3.8) is 0 Å². The van der Waals surface area contributed by atoms with Gasteiger partial charge < -0.3 is 20.9 Å². The van der Waals surface area contributed by atoms with Crippen LogP contribution >= 0.6 is 0 Å². The van der Waals surface area contributed by atoms with E-state index >= 15 is 0 Å². The summed E-state index contributed by atoms with van der Waals surface area (Å²) in [5, 5.41) is 0. The van der Waals surface area contributed by atoms with Gasteiger partial charge in [0.05, 0.1) is 0 Å². The van der Waals surface area contributed by atoms with Crippen LogP contribution in [0.4, 0.5) is 0 Å². The number of guanidine groups is 1. The van der Waals surface area contributed by atoms with Gasteiger partial charge in [-0.05, 0) is 30.5 Å². The molecule has 0 saturated carbocycles. The van der Waals surface area contributed by atoms with Crippen molar-refractivity contribution in [3.8, 4) is 11.5 Å². The van der Waals surface area contributed by atoms with Crippen LogP contribution in [-0.2, 0) is 6.42 Å². The molecule has 0 atom stereocenters. The van der Waals surface area contributed by atoms with Gasteiger partial charge in [-0.1, -0.05) is 6.07 Å². The molecule has 0 amide bonds. The lowest BCUT2D eigenvalue weighted by Gasteiger charge is -2.18. The zero-order chi connectivity index (χ0) is 12.1. The minimum Gasteiger partial charge on any atom is -0.486 e. The average molecular weight is 235 g/mol. The van der Waals surface area contributed by atoms with E-state index in [0.717, 1.165) is 24.3 Å². The molecule has 17 heavy (non-hydrogen) atoms.